The Morgan fingerprint density at radius 2 is 2.07 bits per heavy atom. The van der Waals surface area contributed by atoms with Gasteiger partial charge in [0.25, 0.3) is 0 Å². The predicted molar refractivity (Wildman–Crippen MR) is 58.4 cm³/mol. The normalized spacial score (nSPS) is 13.4. The van der Waals surface area contributed by atoms with Crippen molar-refractivity contribution in [1.82, 2.24) is 4.57 Å². The van der Waals surface area contributed by atoms with E-state index in [-0.39, 0.29) is 12.5 Å². The van der Waals surface area contributed by atoms with Crippen molar-refractivity contribution >= 4 is 10.9 Å². The molecule has 2 aromatic rings. The summed E-state index contributed by atoms with van der Waals surface area (Å²) in [5.41, 5.74) is 2.45. The van der Waals surface area contributed by atoms with E-state index in [0.29, 0.717) is 0 Å². The largest absolute Gasteiger partial charge is 0.396 e. The number of hydrogen-bond acceptors (Lipinski definition) is 1. The molecule has 1 atom stereocenters. The van der Waals surface area contributed by atoms with Crippen LogP contribution in [0.3, 0.4) is 0 Å². The van der Waals surface area contributed by atoms with E-state index in [1.54, 1.807) is 0 Å². The fraction of sp³-hybridized carbons (Fsp3) is 0.333. The first-order valence-electron chi connectivity index (χ1n) is 4.89. The van der Waals surface area contributed by atoms with Gasteiger partial charge in [-0.15, -0.1) is 0 Å². The summed E-state index contributed by atoms with van der Waals surface area (Å²) in [7, 11) is 2.04. The molecule has 1 heterocycles. The number of rotatable bonds is 2. The van der Waals surface area contributed by atoms with E-state index in [4.69, 9.17) is 5.11 Å². The van der Waals surface area contributed by atoms with Crippen molar-refractivity contribution in [1.29, 1.82) is 0 Å². The minimum Gasteiger partial charge on any atom is -0.396 e. The predicted octanol–water partition coefficient (Wildman–Crippen LogP) is 2.27. The number of fused-ring (bicyclic) bond motifs is 1. The van der Waals surface area contributed by atoms with E-state index in [1.165, 1.54) is 16.5 Å². The smallest absolute Gasteiger partial charge is 0.0497 e. The Bertz CT molecular complexity index is 445. The van der Waals surface area contributed by atoms with Gasteiger partial charge in [0.2, 0.25) is 0 Å². The van der Waals surface area contributed by atoms with Gasteiger partial charge in [-0.25, -0.2) is 0 Å². The third kappa shape index (κ3) is 1.32. The molecule has 0 aliphatic heterocycles. The second-order valence-electron chi connectivity index (χ2n) is 3.80. The van der Waals surface area contributed by atoms with Gasteiger partial charge in [-0.05, 0) is 11.6 Å². The van der Waals surface area contributed by atoms with Gasteiger partial charge in [0, 0.05) is 36.7 Å². The van der Waals surface area contributed by atoms with Crippen LogP contribution in [0.5, 0.6) is 0 Å². The number of aromatic nitrogens is 1. The van der Waals surface area contributed by atoms with Gasteiger partial charge in [-0.2, -0.15) is 0 Å². The summed E-state index contributed by atoms with van der Waals surface area (Å²) < 4.78 is 2.11. The van der Waals surface area contributed by atoms with Crippen molar-refractivity contribution in [3.63, 3.8) is 0 Å². The molecule has 2 rings (SSSR count). The highest BCUT2D eigenvalue weighted by Crippen LogP contribution is 2.26. The van der Waals surface area contributed by atoms with Crippen LogP contribution in [-0.4, -0.2) is 16.3 Å². The number of hydrogen-bond donors (Lipinski definition) is 1. The molecule has 14 heavy (non-hydrogen) atoms. The zero-order valence-electron chi connectivity index (χ0n) is 8.57. The molecule has 1 aromatic carbocycles. The zero-order chi connectivity index (χ0) is 10.1. The Balaban J connectivity index is 2.66. The second kappa shape index (κ2) is 3.46. The van der Waals surface area contributed by atoms with Crippen molar-refractivity contribution < 1.29 is 5.11 Å². The van der Waals surface area contributed by atoms with E-state index < -0.39 is 0 Å². The maximum absolute atomic E-state index is 9.15. The molecule has 1 aromatic heterocycles. The molecule has 0 amide bonds. The van der Waals surface area contributed by atoms with Crippen molar-refractivity contribution in [2.45, 2.75) is 12.8 Å². The van der Waals surface area contributed by atoms with Crippen LogP contribution in [0.4, 0.5) is 0 Å². The van der Waals surface area contributed by atoms with Crippen LogP contribution in [0.25, 0.3) is 10.9 Å². The summed E-state index contributed by atoms with van der Waals surface area (Å²) >= 11 is 0. The topological polar surface area (TPSA) is 25.2 Å². The van der Waals surface area contributed by atoms with Gasteiger partial charge >= 0.3 is 0 Å². The van der Waals surface area contributed by atoms with Crippen molar-refractivity contribution in [2.75, 3.05) is 6.61 Å². The molecule has 0 aliphatic rings. The molecule has 0 saturated carbocycles. The fourth-order valence-electron chi connectivity index (χ4n) is 1.86. The standard InChI is InChI=1S/C12H15NO/c1-9(8-14)11-7-13(2)12-6-4-3-5-10(11)12/h3-7,9,14H,8H2,1-2H3. The molecule has 0 bridgehead atoms. The van der Waals surface area contributed by atoms with Crippen LogP contribution in [0.1, 0.15) is 18.4 Å². The monoisotopic (exact) mass is 189 g/mol. The number of aliphatic hydroxyl groups excluding tert-OH is 1. The number of aryl methyl sites for hydroxylation is 1. The van der Waals surface area contributed by atoms with Gasteiger partial charge < -0.3 is 9.67 Å². The summed E-state index contributed by atoms with van der Waals surface area (Å²) in [5, 5.41) is 10.4. The van der Waals surface area contributed by atoms with Crippen molar-refractivity contribution in [2.24, 2.45) is 7.05 Å². The summed E-state index contributed by atoms with van der Waals surface area (Å²) in [5.74, 6) is 0.209. The summed E-state index contributed by atoms with van der Waals surface area (Å²) in [4.78, 5) is 0. The highest BCUT2D eigenvalue weighted by atomic mass is 16.3. The van der Waals surface area contributed by atoms with Crippen LogP contribution < -0.4 is 0 Å². The first kappa shape index (κ1) is 9.28. The lowest BCUT2D eigenvalue weighted by Crippen LogP contribution is -1.97. The molecule has 74 valence electrons. The molecule has 0 spiro atoms. The average molecular weight is 189 g/mol. The Kier molecular flexibility index (Phi) is 2.30. The van der Waals surface area contributed by atoms with Crippen LogP contribution in [0.2, 0.25) is 0 Å². The Labute approximate surface area is 83.8 Å². The highest BCUT2D eigenvalue weighted by Gasteiger charge is 2.11. The fourth-order valence-corrected chi connectivity index (χ4v) is 1.86. The maximum Gasteiger partial charge on any atom is 0.0497 e. The minimum absolute atomic E-state index is 0.202. The third-order valence-corrected chi connectivity index (χ3v) is 2.73. The van der Waals surface area contributed by atoms with Gasteiger partial charge in [0.05, 0.1) is 0 Å². The van der Waals surface area contributed by atoms with Crippen LogP contribution in [-0.2, 0) is 7.05 Å². The molecule has 0 fully saturated rings. The van der Waals surface area contributed by atoms with Crippen LogP contribution >= 0.6 is 0 Å². The number of para-hydroxylation sites is 1. The summed E-state index contributed by atoms with van der Waals surface area (Å²) in [6.07, 6.45) is 2.10. The van der Waals surface area contributed by atoms with Gasteiger partial charge in [-0.1, -0.05) is 25.1 Å². The molecule has 0 radical (unpaired) electrons. The third-order valence-electron chi connectivity index (χ3n) is 2.73. The van der Waals surface area contributed by atoms with Crippen LogP contribution in [0.15, 0.2) is 30.5 Å². The molecule has 1 N–H and O–H groups in total. The van der Waals surface area contributed by atoms with E-state index >= 15 is 0 Å². The SMILES string of the molecule is CC(CO)c1cn(C)c2ccccc12. The van der Waals surface area contributed by atoms with Crippen LogP contribution in [0, 0.1) is 0 Å². The number of aliphatic hydroxyl groups is 1. The van der Waals surface area contributed by atoms with Gasteiger partial charge in [0.1, 0.15) is 0 Å². The first-order valence-corrected chi connectivity index (χ1v) is 4.89. The molecule has 2 nitrogen and oxygen atoms in total. The van der Waals surface area contributed by atoms with Gasteiger partial charge in [-0.3, -0.25) is 0 Å². The lowest BCUT2D eigenvalue weighted by Gasteiger charge is -2.05. The first-order chi connectivity index (χ1) is 6.74. The second-order valence-corrected chi connectivity index (χ2v) is 3.80. The Morgan fingerprint density at radius 1 is 1.36 bits per heavy atom. The molecule has 1 unspecified atom stereocenters. The lowest BCUT2D eigenvalue weighted by atomic mass is 10.0. The molecule has 2 heteroatoms. The van der Waals surface area contributed by atoms with Crippen molar-refractivity contribution in [3.8, 4) is 0 Å². The van der Waals surface area contributed by atoms with Gasteiger partial charge in [0.15, 0.2) is 0 Å². The average Bonchev–Trinajstić information content (AvgIpc) is 2.56. The lowest BCUT2D eigenvalue weighted by molar-refractivity contribution is 0.273. The maximum atomic E-state index is 9.15. The number of nitrogens with zero attached hydrogens (tertiary/aromatic N) is 1. The van der Waals surface area contributed by atoms with E-state index in [2.05, 4.69) is 22.9 Å². The highest BCUT2D eigenvalue weighted by molar-refractivity contribution is 5.84. The number of benzene rings is 1. The quantitative estimate of drug-likeness (QED) is 0.770. The van der Waals surface area contributed by atoms with E-state index in [0.717, 1.165) is 0 Å². The molecule has 0 aliphatic carbocycles. The van der Waals surface area contributed by atoms with E-state index in [9.17, 15) is 0 Å². The van der Waals surface area contributed by atoms with E-state index in [1.807, 2.05) is 26.1 Å². The molecular weight excluding hydrogens is 174 g/mol. The Hall–Kier alpha value is -1.28. The zero-order valence-corrected chi connectivity index (χ0v) is 8.57. The van der Waals surface area contributed by atoms with Crippen molar-refractivity contribution in [3.05, 3.63) is 36.0 Å². The summed E-state index contributed by atoms with van der Waals surface area (Å²) in [6.45, 7) is 2.25. The molecular formula is C12H15NO. The Morgan fingerprint density at radius 3 is 2.79 bits per heavy atom. The summed E-state index contributed by atoms with van der Waals surface area (Å²) in [6, 6.07) is 8.28. The molecule has 0 saturated heterocycles. The minimum atomic E-state index is 0.202.